The fraction of sp³-hybridized carbons (Fsp3) is 0.467. The van der Waals surface area contributed by atoms with Crippen molar-refractivity contribution in [3.63, 3.8) is 0 Å². The van der Waals surface area contributed by atoms with E-state index in [0.717, 1.165) is 25.3 Å². The minimum Gasteiger partial charge on any atom is -0.384 e. The van der Waals surface area contributed by atoms with Gasteiger partial charge in [-0.3, -0.25) is 0 Å². The van der Waals surface area contributed by atoms with Crippen LogP contribution in [0.25, 0.3) is 0 Å². The maximum absolute atomic E-state index is 13.9. The van der Waals surface area contributed by atoms with Crippen LogP contribution in [0.3, 0.4) is 0 Å². The molecule has 1 aromatic rings. The molecule has 0 heterocycles. The maximum atomic E-state index is 13.9. The van der Waals surface area contributed by atoms with Gasteiger partial charge < -0.3 is 5.11 Å². The van der Waals surface area contributed by atoms with Gasteiger partial charge in [-0.25, -0.2) is 17.5 Å². The average Bonchev–Trinajstić information content (AvgIpc) is 3.13. The minimum atomic E-state index is -3.84. The fourth-order valence-corrected chi connectivity index (χ4v) is 3.66. The highest BCUT2D eigenvalue weighted by molar-refractivity contribution is 7.89. The topological polar surface area (TPSA) is 66.4 Å². The van der Waals surface area contributed by atoms with E-state index in [1.54, 1.807) is 0 Å². The predicted molar refractivity (Wildman–Crippen MR) is 77.5 cm³/mol. The zero-order valence-electron chi connectivity index (χ0n) is 11.8. The molecular weight excluding hydrogens is 293 g/mol. The first-order valence-corrected chi connectivity index (χ1v) is 8.38. The van der Waals surface area contributed by atoms with Crippen LogP contribution >= 0.6 is 0 Å². The highest BCUT2D eigenvalue weighted by Crippen LogP contribution is 2.35. The first-order chi connectivity index (χ1) is 9.97. The summed E-state index contributed by atoms with van der Waals surface area (Å²) in [7, 11) is -3.84. The van der Waals surface area contributed by atoms with Crippen LogP contribution in [0.5, 0.6) is 0 Å². The molecule has 1 fully saturated rings. The molecule has 4 nitrogen and oxygen atoms in total. The predicted octanol–water partition coefficient (Wildman–Crippen LogP) is 1.64. The summed E-state index contributed by atoms with van der Waals surface area (Å²) in [5.74, 6) is 4.45. The van der Waals surface area contributed by atoms with Crippen LogP contribution in [0.2, 0.25) is 0 Å². The van der Waals surface area contributed by atoms with Crippen molar-refractivity contribution in [2.24, 2.45) is 5.92 Å². The Hall–Kier alpha value is -1.42. The van der Waals surface area contributed by atoms with Gasteiger partial charge in [0.1, 0.15) is 17.3 Å². The van der Waals surface area contributed by atoms with E-state index in [1.165, 1.54) is 12.1 Å². The third-order valence-electron chi connectivity index (χ3n) is 3.42. The molecule has 0 radical (unpaired) electrons. The van der Waals surface area contributed by atoms with Crippen molar-refractivity contribution < 1.29 is 17.9 Å². The van der Waals surface area contributed by atoms with E-state index in [1.807, 2.05) is 0 Å². The molecule has 0 spiro atoms. The number of aliphatic hydroxyl groups is 1. The van der Waals surface area contributed by atoms with Crippen molar-refractivity contribution in [2.75, 3.05) is 6.61 Å². The van der Waals surface area contributed by atoms with Gasteiger partial charge in [0, 0.05) is 11.6 Å². The lowest BCUT2D eigenvalue weighted by Gasteiger charge is -2.07. The summed E-state index contributed by atoms with van der Waals surface area (Å²) >= 11 is 0. The van der Waals surface area contributed by atoms with Gasteiger partial charge in [-0.05, 0) is 37.0 Å². The molecule has 0 saturated heterocycles. The van der Waals surface area contributed by atoms with Crippen LogP contribution in [-0.2, 0) is 10.0 Å². The van der Waals surface area contributed by atoms with Crippen LogP contribution in [0.1, 0.15) is 31.7 Å². The van der Waals surface area contributed by atoms with Crippen LogP contribution in [0.15, 0.2) is 23.1 Å². The summed E-state index contributed by atoms with van der Waals surface area (Å²) in [6.07, 6.45) is 2.80. The molecule has 2 N–H and O–H groups in total. The molecule has 21 heavy (non-hydrogen) atoms. The van der Waals surface area contributed by atoms with Crippen LogP contribution < -0.4 is 4.72 Å². The number of hydrogen-bond donors (Lipinski definition) is 2. The maximum Gasteiger partial charge on any atom is 0.243 e. The Morgan fingerprint density at radius 2 is 2.24 bits per heavy atom. The number of sulfonamides is 1. The van der Waals surface area contributed by atoms with Crippen molar-refractivity contribution >= 4 is 10.0 Å². The molecule has 0 aromatic heterocycles. The monoisotopic (exact) mass is 311 g/mol. The van der Waals surface area contributed by atoms with Gasteiger partial charge in [0.05, 0.1) is 0 Å². The van der Waals surface area contributed by atoms with Gasteiger partial charge in [0.15, 0.2) is 0 Å². The Kier molecular flexibility index (Phi) is 4.99. The van der Waals surface area contributed by atoms with E-state index in [2.05, 4.69) is 23.5 Å². The zero-order valence-corrected chi connectivity index (χ0v) is 12.6. The van der Waals surface area contributed by atoms with E-state index in [9.17, 15) is 12.8 Å². The van der Waals surface area contributed by atoms with Gasteiger partial charge in [0.2, 0.25) is 10.0 Å². The molecule has 2 rings (SSSR count). The van der Waals surface area contributed by atoms with Gasteiger partial charge in [-0.1, -0.05) is 25.2 Å². The summed E-state index contributed by atoms with van der Waals surface area (Å²) in [6, 6.07) is 3.61. The average molecular weight is 311 g/mol. The van der Waals surface area contributed by atoms with E-state index in [0.29, 0.717) is 11.5 Å². The Morgan fingerprint density at radius 1 is 1.48 bits per heavy atom. The molecule has 0 amide bonds. The number of hydrogen-bond acceptors (Lipinski definition) is 3. The molecule has 1 aliphatic rings. The summed E-state index contributed by atoms with van der Waals surface area (Å²) in [5.41, 5.74) is 0.329. The SMILES string of the molecule is CCCC1CC1NS(=O)(=O)c1ccc(C#CCO)cc1F. The van der Waals surface area contributed by atoms with Gasteiger partial charge in [-0.2, -0.15) is 0 Å². The molecule has 1 aliphatic carbocycles. The van der Waals surface area contributed by atoms with E-state index < -0.39 is 15.8 Å². The van der Waals surface area contributed by atoms with Crippen LogP contribution in [-0.4, -0.2) is 26.2 Å². The molecule has 1 aromatic carbocycles. The number of aliphatic hydroxyl groups excluding tert-OH is 1. The summed E-state index contributed by atoms with van der Waals surface area (Å²) in [5, 5.41) is 8.58. The van der Waals surface area contributed by atoms with Gasteiger partial charge >= 0.3 is 0 Å². The number of rotatable bonds is 5. The molecule has 114 valence electrons. The normalized spacial score (nSPS) is 20.7. The van der Waals surface area contributed by atoms with E-state index in [-0.39, 0.29) is 17.5 Å². The lowest BCUT2D eigenvalue weighted by molar-refractivity contribution is 0.350. The Morgan fingerprint density at radius 3 is 2.86 bits per heavy atom. The highest BCUT2D eigenvalue weighted by Gasteiger charge is 2.39. The summed E-state index contributed by atoms with van der Waals surface area (Å²) < 4.78 is 40.8. The van der Waals surface area contributed by atoms with Crippen LogP contribution in [0.4, 0.5) is 4.39 Å². The van der Waals surface area contributed by atoms with E-state index >= 15 is 0 Å². The van der Waals surface area contributed by atoms with Crippen molar-refractivity contribution in [3.05, 3.63) is 29.6 Å². The molecule has 0 bridgehead atoms. The number of benzene rings is 1. The van der Waals surface area contributed by atoms with Crippen molar-refractivity contribution in [1.29, 1.82) is 0 Å². The second kappa shape index (κ2) is 6.56. The summed E-state index contributed by atoms with van der Waals surface area (Å²) in [6.45, 7) is 1.72. The quantitative estimate of drug-likeness (QED) is 0.812. The standard InChI is InChI=1S/C15H18FNO3S/c1-2-4-12-10-14(12)17-21(19,20)15-7-6-11(5-3-8-18)9-13(15)16/h6-7,9,12,14,17-18H,2,4,8,10H2,1H3. The van der Waals surface area contributed by atoms with Gasteiger partial charge in [0.25, 0.3) is 0 Å². The van der Waals surface area contributed by atoms with Crippen molar-refractivity contribution in [2.45, 2.75) is 37.1 Å². The smallest absolute Gasteiger partial charge is 0.243 e. The minimum absolute atomic E-state index is 0.0804. The number of nitrogens with one attached hydrogen (secondary N) is 1. The molecule has 2 unspecified atom stereocenters. The second-order valence-corrected chi connectivity index (χ2v) is 6.80. The Bertz CT molecular complexity index is 676. The fourth-order valence-electron chi connectivity index (χ4n) is 2.28. The molecule has 1 saturated carbocycles. The third-order valence-corrected chi connectivity index (χ3v) is 4.94. The third kappa shape index (κ3) is 4.03. The summed E-state index contributed by atoms with van der Waals surface area (Å²) in [4.78, 5) is -0.362. The highest BCUT2D eigenvalue weighted by atomic mass is 32.2. The van der Waals surface area contributed by atoms with Crippen molar-refractivity contribution in [1.82, 2.24) is 4.72 Å². The molecule has 0 aliphatic heterocycles. The van der Waals surface area contributed by atoms with E-state index in [4.69, 9.17) is 5.11 Å². The lowest BCUT2D eigenvalue weighted by Crippen LogP contribution is -2.27. The Balaban J connectivity index is 2.13. The molecular formula is C15H18FNO3S. The van der Waals surface area contributed by atoms with Gasteiger partial charge in [-0.15, -0.1) is 0 Å². The zero-order chi connectivity index (χ0) is 15.5. The first-order valence-electron chi connectivity index (χ1n) is 6.89. The molecule has 6 heteroatoms. The largest absolute Gasteiger partial charge is 0.384 e. The second-order valence-electron chi connectivity index (χ2n) is 5.12. The lowest BCUT2D eigenvalue weighted by atomic mass is 10.2. The van der Waals surface area contributed by atoms with Crippen LogP contribution in [0, 0.1) is 23.6 Å². The Labute approximate surface area is 124 Å². The number of halogens is 1. The first kappa shape index (κ1) is 16.0. The molecule has 2 atom stereocenters. The van der Waals surface area contributed by atoms with Crippen molar-refractivity contribution in [3.8, 4) is 11.8 Å².